The maximum absolute atomic E-state index is 10.7. The number of carboxylic acids is 1. The first-order chi connectivity index (χ1) is 6.84. The van der Waals surface area contributed by atoms with Gasteiger partial charge in [-0.3, -0.25) is 0 Å². The fourth-order valence-electron chi connectivity index (χ4n) is 1.07. The molecule has 1 atom stereocenters. The van der Waals surface area contributed by atoms with Crippen molar-refractivity contribution < 1.29 is 59.0 Å². The van der Waals surface area contributed by atoms with Crippen LogP contribution in [0.25, 0.3) is 0 Å². The van der Waals surface area contributed by atoms with E-state index >= 15 is 0 Å². The Hall–Kier alpha value is -0.440. The van der Waals surface area contributed by atoms with Crippen molar-refractivity contribution >= 4 is 16.1 Å². The molecule has 0 fully saturated rings. The van der Waals surface area contributed by atoms with Crippen LogP contribution in [0.3, 0.4) is 0 Å². The summed E-state index contributed by atoms with van der Waals surface area (Å²) in [5.74, 6) is -1.62. The SMILES string of the molecule is O=C(O)[C@@H](O)c1ccccc1S(=O)(=O)[O-].[H-].[Na+]. The van der Waals surface area contributed by atoms with E-state index in [2.05, 4.69) is 0 Å². The van der Waals surface area contributed by atoms with Crippen LogP contribution in [0, 0.1) is 0 Å². The first-order valence-corrected chi connectivity index (χ1v) is 5.20. The zero-order valence-electron chi connectivity index (χ0n) is 9.32. The molecule has 84 valence electrons. The van der Waals surface area contributed by atoms with E-state index in [1.54, 1.807) is 0 Å². The molecule has 0 aliphatic heterocycles. The van der Waals surface area contributed by atoms with E-state index in [1.165, 1.54) is 12.1 Å². The maximum atomic E-state index is 10.7. The minimum atomic E-state index is -4.79. The number of aliphatic hydroxyl groups excluding tert-OH is 1. The maximum Gasteiger partial charge on any atom is 1.00 e. The predicted octanol–water partition coefficient (Wildman–Crippen LogP) is -3.17. The summed E-state index contributed by atoms with van der Waals surface area (Å²) in [5, 5.41) is 17.6. The Morgan fingerprint density at radius 3 is 2.31 bits per heavy atom. The molecule has 0 unspecified atom stereocenters. The van der Waals surface area contributed by atoms with Gasteiger partial charge in [0, 0.05) is 5.56 Å². The number of benzene rings is 1. The molecule has 0 aliphatic carbocycles. The van der Waals surface area contributed by atoms with Crippen LogP contribution in [0.1, 0.15) is 13.1 Å². The van der Waals surface area contributed by atoms with Crippen molar-refractivity contribution in [2.45, 2.75) is 11.0 Å². The summed E-state index contributed by atoms with van der Waals surface area (Å²) in [7, 11) is -4.79. The molecule has 0 aromatic heterocycles. The Morgan fingerprint density at radius 2 is 1.88 bits per heavy atom. The number of carboxylic acid groups (broad SMARTS) is 1. The van der Waals surface area contributed by atoms with Crippen molar-refractivity contribution in [1.29, 1.82) is 0 Å². The molecule has 0 spiro atoms. The standard InChI is InChI=1S/C8H8O6S.Na.H/c9-7(8(10)11)5-3-1-2-4-6(5)15(12,13)14;;/h1-4,7,9H,(H,10,11)(H,12,13,14);;/q;+1;-1/p-1/t7-;;/m0../s1. The summed E-state index contributed by atoms with van der Waals surface area (Å²) in [6, 6.07) is 4.62. The fraction of sp³-hybridized carbons (Fsp3) is 0.125. The van der Waals surface area contributed by atoms with E-state index < -0.39 is 32.7 Å². The third kappa shape index (κ3) is 3.55. The molecular formula is C8H8NaO6S-. The third-order valence-corrected chi connectivity index (χ3v) is 2.63. The number of hydrogen-bond acceptors (Lipinski definition) is 5. The number of aliphatic carboxylic acids is 1. The van der Waals surface area contributed by atoms with Gasteiger partial charge in [0.1, 0.15) is 10.1 Å². The quantitative estimate of drug-likeness (QED) is 0.435. The molecule has 8 heteroatoms. The van der Waals surface area contributed by atoms with Crippen molar-refractivity contribution in [1.82, 2.24) is 0 Å². The van der Waals surface area contributed by atoms with Gasteiger partial charge < -0.3 is 16.2 Å². The van der Waals surface area contributed by atoms with Gasteiger partial charge in [-0.05, 0) is 6.07 Å². The van der Waals surface area contributed by atoms with Crippen LogP contribution in [0.15, 0.2) is 29.2 Å². The Bertz CT molecular complexity index is 489. The first kappa shape index (κ1) is 15.6. The molecule has 0 saturated heterocycles. The molecule has 0 bridgehead atoms. The zero-order valence-corrected chi connectivity index (χ0v) is 11.1. The smallest absolute Gasteiger partial charge is 1.00 e. The van der Waals surface area contributed by atoms with Crippen molar-refractivity contribution in [2.75, 3.05) is 0 Å². The Labute approximate surface area is 115 Å². The summed E-state index contributed by atoms with van der Waals surface area (Å²) in [5.41, 5.74) is -0.431. The minimum absolute atomic E-state index is 0. The average Bonchev–Trinajstić information content (AvgIpc) is 2.15. The van der Waals surface area contributed by atoms with E-state index in [0.29, 0.717) is 0 Å². The van der Waals surface area contributed by atoms with E-state index in [9.17, 15) is 17.8 Å². The second-order valence-electron chi connectivity index (χ2n) is 2.73. The third-order valence-electron chi connectivity index (χ3n) is 1.72. The summed E-state index contributed by atoms with van der Waals surface area (Å²) in [6.07, 6.45) is -2.02. The second kappa shape index (κ2) is 5.76. The number of hydrogen-bond donors (Lipinski definition) is 2. The van der Waals surface area contributed by atoms with Gasteiger partial charge >= 0.3 is 35.5 Å². The number of rotatable bonds is 3. The summed E-state index contributed by atoms with van der Waals surface area (Å²) in [4.78, 5) is 9.71. The Balaban J connectivity index is 0. The zero-order chi connectivity index (χ0) is 11.6. The molecule has 16 heavy (non-hydrogen) atoms. The van der Waals surface area contributed by atoms with E-state index in [-0.39, 0.29) is 31.0 Å². The normalized spacial score (nSPS) is 12.6. The average molecular weight is 255 g/mol. The van der Waals surface area contributed by atoms with Crippen LogP contribution in [0.5, 0.6) is 0 Å². The van der Waals surface area contributed by atoms with E-state index in [0.717, 1.165) is 12.1 Å². The van der Waals surface area contributed by atoms with Gasteiger partial charge in [-0.1, -0.05) is 18.2 Å². The molecule has 0 saturated carbocycles. The van der Waals surface area contributed by atoms with E-state index in [1.807, 2.05) is 0 Å². The fourth-order valence-corrected chi connectivity index (χ4v) is 1.78. The largest absolute Gasteiger partial charge is 1.00 e. The van der Waals surface area contributed by atoms with Crippen LogP contribution in [0.4, 0.5) is 0 Å². The minimum Gasteiger partial charge on any atom is -1.00 e. The van der Waals surface area contributed by atoms with Crippen LogP contribution in [-0.4, -0.2) is 29.2 Å². The molecule has 0 amide bonds. The van der Waals surface area contributed by atoms with Crippen molar-refractivity contribution in [2.24, 2.45) is 0 Å². The molecule has 1 rings (SSSR count). The van der Waals surface area contributed by atoms with Gasteiger partial charge in [-0.15, -0.1) is 0 Å². The van der Waals surface area contributed by atoms with Crippen molar-refractivity contribution in [3.63, 3.8) is 0 Å². The molecule has 0 heterocycles. The van der Waals surface area contributed by atoms with Crippen LogP contribution < -0.4 is 29.6 Å². The molecule has 0 aliphatic rings. The van der Waals surface area contributed by atoms with Gasteiger partial charge in [0.25, 0.3) is 0 Å². The predicted molar refractivity (Wildman–Crippen MR) is 48.1 cm³/mol. The van der Waals surface area contributed by atoms with Crippen molar-refractivity contribution in [3.05, 3.63) is 29.8 Å². The summed E-state index contributed by atoms with van der Waals surface area (Å²) in [6.45, 7) is 0. The molecule has 0 radical (unpaired) electrons. The molecule has 1 aromatic rings. The topological polar surface area (TPSA) is 115 Å². The molecule has 1 aromatic carbocycles. The number of aliphatic hydroxyl groups is 1. The van der Waals surface area contributed by atoms with Gasteiger partial charge in [-0.25, -0.2) is 13.2 Å². The van der Waals surface area contributed by atoms with Gasteiger partial charge in [0.15, 0.2) is 6.10 Å². The van der Waals surface area contributed by atoms with Crippen LogP contribution >= 0.6 is 0 Å². The Morgan fingerprint density at radius 1 is 1.38 bits per heavy atom. The van der Waals surface area contributed by atoms with Gasteiger partial charge in [0.2, 0.25) is 0 Å². The van der Waals surface area contributed by atoms with E-state index in [4.69, 9.17) is 10.2 Å². The first-order valence-electron chi connectivity index (χ1n) is 3.79. The van der Waals surface area contributed by atoms with Crippen molar-refractivity contribution in [3.8, 4) is 0 Å². The van der Waals surface area contributed by atoms with Gasteiger partial charge in [-0.2, -0.15) is 0 Å². The number of carbonyl (C=O) groups is 1. The molecule has 2 N–H and O–H groups in total. The Kier molecular flexibility index (Phi) is 5.60. The molecular weight excluding hydrogens is 247 g/mol. The van der Waals surface area contributed by atoms with Crippen LogP contribution in [0.2, 0.25) is 0 Å². The van der Waals surface area contributed by atoms with Crippen LogP contribution in [-0.2, 0) is 14.9 Å². The molecule has 6 nitrogen and oxygen atoms in total. The second-order valence-corrected chi connectivity index (χ2v) is 4.08. The summed E-state index contributed by atoms with van der Waals surface area (Å²) >= 11 is 0. The monoisotopic (exact) mass is 255 g/mol. The van der Waals surface area contributed by atoms with Gasteiger partial charge in [0.05, 0.1) is 4.90 Å². The summed E-state index contributed by atoms with van der Waals surface area (Å²) < 4.78 is 32.2.